The molecule has 0 aliphatic heterocycles. The summed E-state index contributed by atoms with van der Waals surface area (Å²) in [5.74, 6) is -0.322. The Balaban J connectivity index is 3.80. The highest BCUT2D eigenvalue weighted by Gasteiger charge is 2.13. The van der Waals surface area contributed by atoms with Gasteiger partial charge in [-0.05, 0) is 25.7 Å². The van der Waals surface area contributed by atoms with Crippen LogP contribution in [-0.4, -0.2) is 38.4 Å². The summed E-state index contributed by atoms with van der Waals surface area (Å²) in [6, 6.07) is 0. The van der Waals surface area contributed by atoms with Gasteiger partial charge in [-0.25, -0.2) is 0 Å². The van der Waals surface area contributed by atoms with Gasteiger partial charge in [0.2, 0.25) is 0 Å². The predicted molar refractivity (Wildman–Crippen MR) is 81.0 cm³/mol. The molecule has 124 valence electrons. The maximum atomic E-state index is 11.4. The molecule has 0 aliphatic rings. The fourth-order valence-electron chi connectivity index (χ4n) is 1.82. The number of carbonyl (C=O) groups excluding carboxylic acids is 2. The molecule has 0 aromatic carbocycles. The molecule has 5 nitrogen and oxygen atoms in total. The summed E-state index contributed by atoms with van der Waals surface area (Å²) >= 11 is 0. The maximum Gasteiger partial charge on any atom is 0.305 e. The van der Waals surface area contributed by atoms with Crippen LogP contribution in [-0.2, 0) is 23.8 Å². The Morgan fingerprint density at radius 3 is 2.33 bits per heavy atom. The fourth-order valence-corrected chi connectivity index (χ4v) is 1.82. The number of unbranched alkanes of at least 4 members (excludes halogenated alkanes) is 2. The van der Waals surface area contributed by atoms with Crippen molar-refractivity contribution in [2.45, 2.75) is 71.3 Å². The lowest BCUT2D eigenvalue weighted by Gasteiger charge is -2.17. The summed E-state index contributed by atoms with van der Waals surface area (Å²) in [5, 5.41) is 0. The van der Waals surface area contributed by atoms with Gasteiger partial charge in [0.15, 0.2) is 0 Å². The van der Waals surface area contributed by atoms with Crippen LogP contribution in [0.25, 0.3) is 0 Å². The van der Waals surface area contributed by atoms with Crippen molar-refractivity contribution in [2.75, 3.05) is 20.3 Å². The summed E-state index contributed by atoms with van der Waals surface area (Å²) in [5.41, 5.74) is 0. The first-order valence-corrected chi connectivity index (χ1v) is 7.98. The molecule has 0 spiro atoms. The minimum Gasteiger partial charge on any atom is -0.466 e. The standard InChI is InChI=1S/C16H30O5/c1-4-6-12-20-16(18)10-8-7-9-14(11-13-19-3)21-15(17)5-2/h14H,4-13H2,1-3H3/t14-/m1/s1. The molecule has 0 unspecified atom stereocenters. The van der Waals surface area contributed by atoms with Crippen LogP contribution in [0.4, 0.5) is 0 Å². The van der Waals surface area contributed by atoms with Gasteiger partial charge in [-0.15, -0.1) is 0 Å². The normalized spacial score (nSPS) is 12.0. The minimum atomic E-state index is -0.185. The molecule has 0 amide bonds. The van der Waals surface area contributed by atoms with Crippen LogP contribution < -0.4 is 0 Å². The number of ether oxygens (including phenoxy) is 3. The smallest absolute Gasteiger partial charge is 0.305 e. The molecule has 0 bridgehead atoms. The van der Waals surface area contributed by atoms with Crippen molar-refractivity contribution in [3.63, 3.8) is 0 Å². The topological polar surface area (TPSA) is 61.8 Å². The highest BCUT2D eigenvalue weighted by molar-refractivity contribution is 5.69. The second-order valence-corrected chi connectivity index (χ2v) is 5.07. The molecule has 0 heterocycles. The Bertz CT molecular complexity index is 278. The number of hydrogen-bond donors (Lipinski definition) is 0. The van der Waals surface area contributed by atoms with Crippen molar-refractivity contribution >= 4 is 11.9 Å². The van der Waals surface area contributed by atoms with Crippen LogP contribution in [0.2, 0.25) is 0 Å². The third-order valence-corrected chi connectivity index (χ3v) is 3.15. The average Bonchev–Trinajstić information content (AvgIpc) is 2.48. The largest absolute Gasteiger partial charge is 0.466 e. The number of rotatable bonds is 13. The number of hydrogen-bond acceptors (Lipinski definition) is 5. The number of esters is 2. The Labute approximate surface area is 128 Å². The molecule has 21 heavy (non-hydrogen) atoms. The molecule has 0 aromatic rings. The van der Waals surface area contributed by atoms with Crippen molar-refractivity contribution in [3.05, 3.63) is 0 Å². The van der Waals surface area contributed by atoms with Crippen LogP contribution in [0, 0.1) is 0 Å². The van der Waals surface area contributed by atoms with Crippen molar-refractivity contribution < 1.29 is 23.8 Å². The molecule has 0 N–H and O–H groups in total. The van der Waals surface area contributed by atoms with E-state index in [2.05, 4.69) is 6.92 Å². The molecule has 0 saturated heterocycles. The first-order valence-electron chi connectivity index (χ1n) is 7.98. The third kappa shape index (κ3) is 12.4. The summed E-state index contributed by atoms with van der Waals surface area (Å²) in [4.78, 5) is 22.8. The lowest BCUT2D eigenvalue weighted by atomic mass is 10.1. The van der Waals surface area contributed by atoms with Crippen LogP contribution in [0.1, 0.15) is 65.2 Å². The highest BCUT2D eigenvalue weighted by atomic mass is 16.5. The second-order valence-electron chi connectivity index (χ2n) is 5.07. The van der Waals surface area contributed by atoms with Crippen LogP contribution >= 0.6 is 0 Å². The van der Waals surface area contributed by atoms with Gasteiger partial charge in [0.1, 0.15) is 6.10 Å². The van der Waals surface area contributed by atoms with Crippen LogP contribution in [0.5, 0.6) is 0 Å². The summed E-state index contributed by atoms with van der Waals surface area (Å²) in [7, 11) is 1.63. The number of methoxy groups -OCH3 is 1. The van der Waals surface area contributed by atoms with Crippen molar-refractivity contribution in [1.29, 1.82) is 0 Å². The van der Waals surface area contributed by atoms with Gasteiger partial charge in [0.05, 0.1) is 6.61 Å². The number of carbonyl (C=O) groups is 2. The van der Waals surface area contributed by atoms with Gasteiger partial charge in [-0.1, -0.05) is 20.3 Å². The first-order chi connectivity index (χ1) is 10.1. The molecule has 0 radical (unpaired) electrons. The van der Waals surface area contributed by atoms with Crippen molar-refractivity contribution in [1.82, 2.24) is 0 Å². The Morgan fingerprint density at radius 1 is 0.952 bits per heavy atom. The fraction of sp³-hybridized carbons (Fsp3) is 0.875. The Morgan fingerprint density at radius 2 is 1.71 bits per heavy atom. The molecule has 5 heteroatoms. The van der Waals surface area contributed by atoms with E-state index in [4.69, 9.17) is 14.2 Å². The van der Waals surface area contributed by atoms with E-state index in [1.807, 2.05) is 0 Å². The summed E-state index contributed by atoms with van der Waals surface area (Å²) in [6.45, 7) is 4.92. The van der Waals surface area contributed by atoms with Crippen molar-refractivity contribution in [2.24, 2.45) is 0 Å². The quantitative estimate of drug-likeness (QED) is 0.386. The minimum absolute atomic E-state index is 0.117. The second kappa shape index (κ2) is 13.9. The van der Waals surface area contributed by atoms with Crippen molar-refractivity contribution in [3.8, 4) is 0 Å². The van der Waals surface area contributed by atoms with E-state index >= 15 is 0 Å². The van der Waals surface area contributed by atoms with E-state index in [1.54, 1.807) is 14.0 Å². The summed E-state index contributed by atoms with van der Waals surface area (Å²) < 4.78 is 15.5. The SMILES string of the molecule is CCCCOC(=O)CCCC[C@H](CCOC)OC(=O)CC. The molecule has 0 aromatic heterocycles. The summed E-state index contributed by atoms with van der Waals surface area (Å²) in [6.07, 6.45) is 5.70. The van der Waals surface area contributed by atoms with Gasteiger partial charge < -0.3 is 14.2 Å². The van der Waals surface area contributed by atoms with E-state index in [0.717, 1.165) is 32.1 Å². The van der Waals surface area contributed by atoms with Gasteiger partial charge >= 0.3 is 11.9 Å². The lowest BCUT2D eigenvalue weighted by Crippen LogP contribution is -2.19. The molecule has 0 aliphatic carbocycles. The first kappa shape index (κ1) is 19.9. The van der Waals surface area contributed by atoms with E-state index in [9.17, 15) is 9.59 Å². The van der Waals surface area contributed by atoms with Crippen LogP contribution in [0.3, 0.4) is 0 Å². The molecular weight excluding hydrogens is 272 g/mol. The van der Waals surface area contributed by atoms with E-state index < -0.39 is 0 Å². The lowest BCUT2D eigenvalue weighted by molar-refractivity contribution is -0.150. The molecule has 0 saturated carbocycles. The van der Waals surface area contributed by atoms with Gasteiger partial charge in [0, 0.05) is 33.0 Å². The molecule has 1 atom stereocenters. The third-order valence-electron chi connectivity index (χ3n) is 3.15. The Hall–Kier alpha value is -1.10. The zero-order valence-electron chi connectivity index (χ0n) is 13.7. The van der Waals surface area contributed by atoms with E-state index in [0.29, 0.717) is 32.5 Å². The Kier molecular flexibility index (Phi) is 13.1. The molecular formula is C16H30O5. The van der Waals surface area contributed by atoms with Gasteiger partial charge in [0.25, 0.3) is 0 Å². The van der Waals surface area contributed by atoms with E-state index in [-0.39, 0.29) is 18.0 Å². The maximum absolute atomic E-state index is 11.4. The molecule has 0 fully saturated rings. The zero-order chi connectivity index (χ0) is 15.9. The van der Waals surface area contributed by atoms with Gasteiger partial charge in [-0.2, -0.15) is 0 Å². The van der Waals surface area contributed by atoms with Crippen LogP contribution in [0.15, 0.2) is 0 Å². The highest BCUT2D eigenvalue weighted by Crippen LogP contribution is 2.12. The zero-order valence-corrected chi connectivity index (χ0v) is 13.7. The predicted octanol–water partition coefficient (Wildman–Crippen LogP) is 3.25. The van der Waals surface area contributed by atoms with E-state index in [1.165, 1.54) is 0 Å². The molecule has 0 rings (SSSR count). The van der Waals surface area contributed by atoms with Gasteiger partial charge in [-0.3, -0.25) is 9.59 Å². The monoisotopic (exact) mass is 302 g/mol. The average molecular weight is 302 g/mol.